The highest BCUT2D eigenvalue weighted by atomic mass is 16.5. The topological polar surface area (TPSA) is 34.2 Å². The van der Waals surface area contributed by atoms with E-state index in [1.54, 1.807) is 7.11 Å². The van der Waals surface area contributed by atoms with Gasteiger partial charge in [-0.2, -0.15) is 0 Å². The summed E-state index contributed by atoms with van der Waals surface area (Å²) in [4.78, 5) is 4.51. The van der Waals surface area contributed by atoms with Gasteiger partial charge in [0.15, 0.2) is 0 Å². The van der Waals surface area contributed by atoms with Crippen molar-refractivity contribution in [2.45, 2.75) is 38.8 Å². The molecule has 1 aromatic heterocycles. The van der Waals surface area contributed by atoms with E-state index in [0.717, 1.165) is 37.3 Å². The van der Waals surface area contributed by atoms with Crippen LogP contribution in [0.2, 0.25) is 0 Å². The lowest BCUT2D eigenvalue weighted by molar-refractivity contribution is 0.413. The first-order valence-electron chi connectivity index (χ1n) is 7.64. The Bertz CT molecular complexity index is 624. The molecule has 1 unspecified atom stereocenters. The molecule has 3 heteroatoms. The van der Waals surface area contributed by atoms with Gasteiger partial charge in [0, 0.05) is 18.8 Å². The number of benzene rings is 1. The van der Waals surface area contributed by atoms with Gasteiger partial charge < -0.3 is 10.1 Å². The van der Waals surface area contributed by atoms with E-state index in [-0.39, 0.29) is 0 Å². The normalized spacial score (nSPS) is 16.8. The van der Waals surface area contributed by atoms with Crippen LogP contribution in [0.5, 0.6) is 5.75 Å². The van der Waals surface area contributed by atoms with Crippen LogP contribution in [0.3, 0.4) is 0 Å². The Hall–Kier alpha value is -1.87. The van der Waals surface area contributed by atoms with Crippen molar-refractivity contribution in [3.63, 3.8) is 0 Å². The number of hydrogen-bond donors (Lipinski definition) is 1. The maximum atomic E-state index is 5.35. The maximum absolute atomic E-state index is 5.35. The van der Waals surface area contributed by atoms with Gasteiger partial charge in [0.2, 0.25) is 0 Å². The third-order valence-corrected chi connectivity index (χ3v) is 4.31. The van der Waals surface area contributed by atoms with E-state index in [9.17, 15) is 0 Å². The van der Waals surface area contributed by atoms with E-state index < -0.39 is 0 Å². The van der Waals surface area contributed by atoms with Crippen LogP contribution in [-0.4, -0.2) is 12.1 Å². The molecule has 0 saturated heterocycles. The zero-order valence-electron chi connectivity index (χ0n) is 12.7. The summed E-state index contributed by atoms with van der Waals surface area (Å²) in [7, 11) is 1.72. The molecule has 0 radical (unpaired) electrons. The summed E-state index contributed by atoms with van der Waals surface area (Å²) in [6.07, 6.45) is 5.19. The number of rotatable bonds is 5. The Kier molecular flexibility index (Phi) is 4.20. The first-order valence-corrected chi connectivity index (χ1v) is 7.64. The van der Waals surface area contributed by atoms with E-state index in [1.165, 1.54) is 16.7 Å². The lowest BCUT2D eigenvalue weighted by atomic mass is 10.1. The third-order valence-electron chi connectivity index (χ3n) is 4.31. The zero-order chi connectivity index (χ0) is 14.7. The Balaban J connectivity index is 1.73. The van der Waals surface area contributed by atoms with E-state index in [4.69, 9.17) is 4.74 Å². The molecule has 1 aromatic carbocycles. The molecule has 21 heavy (non-hydrogen) atoms. The molecule has 1 heterocycles. The van der Waals surface area contributed by atoms with Gasteiger partial charge in [-0.05, 0) is 54.2 Å². The number of aromatic nitrogens is 1. The van der Waals surface area contributed by atoms with E-state index in [0.29, 0.717) is 6.04 Å². The monoisotopic (exact) mass is 282 g/mol. The molecule has 0 spiro atoms. The average Bonchev–Trinajstić information content (AvgIpc) is 2.95. The van der Waals surface area contributed by atoms with E-state index >= 15 is 0 Å². The van der Waals surface area contributed by atoms with Crippen molar-refractivity contribution in [1.82, 2.24) is 10.3 Å². The van der Waals surface area contributed by atoms with Crippen LogP contribution in [-0.2, 0) is 19.4 Å². The lowest BCUT2D eigenvalue weighted by Crippen LogP contribution is -2.20. The predicted molar refractivity (Wildman–Crippen MR) is 84.5 cm³/mol. The minimum atomic E-state index is 0.404. The number of hydrogen-bond acceptors (Lipinski definition) is 3. The molecule has 110 valence electrons. The van der Waals surface area contributed by atoms with Crippen molar-refractivity contribution in [2.24, 2.45) is 0 Å². The molecule has 1 N–H and O–H groups in total. The number of methoxy groups -OCH3 is 1. The fraction of sp³-hybridized carbons (Fsp3) is 0.389. The van der Waals surface area contributed by atoms with Crippen LogP contribution >= 0.6 is 0 Å². The fourth-order valence-corrected chi connectivity index (χ4v) is 3.09. The molecule has 3 rings (SSSR count). The van der Waals surface area contributed by atoms with Crippen molar-refractivity contribution in [3.05, 3.63) is 58.9 Å². The highest BCUT2D eigenvalue weighted by molar-refractivity contribution is 5.40. The Morgan fingerprint density at radius 2 is 2.24 bits per heavy atom. The van der Waals surface area contributed by atoms with Crippen molar-refractivity contribution < 1.29 is 4.74 Å². The Morgan fingerprint density at radius 3 is 3.05 bits per heavy atom. The third kappa shape index (κ3) is 2.93. The second-order valence-electron chi connectivity index (χ2n) is 5.50. The highest BCUT2D eigenvalue weighted by Gasteiger charge is 2.22. The van der Waals surface area contributed by atoms with Gasteiger partial charge in [0.25, 0.3) is 0 Å². The fourth-order valence-electron chi connectivity index (χ4n) is 3.09. The van der Waals surface area contributed by atoms with Crippen LogP contribution in [0.1, 0.15) is 41.8 Å². The number of pyridine rings is 1. The molecular formula is C18H22N2O. The molecule has 0 amide bonds. The molecule has 0 saturated carbocycles. The molecule has 0 aliphatic heterocycles. The van der Waals surface area contributed by atoms with Gasteiger partial charge in [-0.15, -0.1) is 0 Å². The average molecular weight is 282 g/mol. The summed E-state index contributed by atoms with van der Waals surface area (Å²) >= 11 is 0. The van der Waals surface area contributed by atoms with Crippen molar-refractivity contribution in [2.75, 3.05) is 7.11 Å². The van der Waals surface area contributed by atoms with Crippen molar-refractivity contribution in [1.29, 1.82) is 0 Å². The van der Waals surface area contributed by atoms with E-state index in [2.05, 4.69) is 41.5 Å². The van der Waals surface area contributed by atoms with E-state index in [1.807, 2.05) is 12.3 Å². The number of aryl methyl sites for hydroxylation is 2. The van der Waals surface area contributed by atoms with Gasteiger partial charge in [0.1, 0.15) is 5.75 Å². The Labute approximate surface area is 126 Å². The highest BCUT2D eigenvalue weighted by Crippen LogP contribution is 2.33. The molecule has 1 aliphatic rings. The summed E-state index contributed by atoms with van der Waals surface area (Å²) < 4.78 is 5.35. The number of nitrogens with one attached hydrogen (secondary N) is 1. The minimum Gasteiger partial charge on any atom is -0.497 e. The van der Waals surface area contributed by atoms with Crippen LogP contribution < -0.4 is 10.1 Å². The smallest absolute Gasteiger partial charge is 0.119 e. The molecule has 3 nitrogen and oxygen atoms in total. The van der Waals surface area contributed by atoms with Gasteiger partial charge in [-0.25, -0.2) is 0 Å². The molecule has 0 bridgehead atoms. The van der Waals surface area contributed by atoms with Crippen LogP contribution in [0, 0.1) is 0 Å². The lowest BCUT2D eigenvalue weighted by Gasteiger charge is -2.16. The molecule has 2 aromatic rings. The van der Waals surface area contributed by atoms with Gasteiger partial charge in [-0.3, -0.25) is 4.98 Å². The summed E-state index contributed by atoms with van der Waals surface area (Å²) in [5.74, 6) is 0.939. The van der Waals surface area contributed by atoms with Crippen molar-refractivity contribution >= 4 is 0 Å². The predicted octanol–water partition coefficient (Wildman–Crippen LogP) is 3.43. The van der Waals surface area contributed by atoms with Gasteiger partial charge in [0.05, 0.1) is 12.8 Å². The zero-order valence-corrected chi connectivity index (χ0v) is 12.7. The summed E-state index contributed by atoms with van der Waals surface area (Å²) in [6, 6.07) is 11.0. The summed E-state index contributed by atoms with van der Waals surface area (Å²) in [6.45, 7) is 3.00. The van der Waals surface area contributed by atoms with Crippen LogP contribution in [0.4, 0.5) is 0 Å². The molecule has 1 aliphatic carbocycles. The Morgan fingerprint density at radius 1 is 1.33 bits per heavy atom. The largest absolute Gasteiger partial charge is 0.497 e. The minimum absolute atomic E-state index is 0.404. The number of fused-ring (bicyclic) bond motifs is 1. The summed E-state index contributed by atoms with van der Waals surface area (Å²) in [5.41, 5.74) is 5.30. The number of nitrogens with zero attached hydrogens (tertiary/aromatic N) is 1. The molecule has 1 atom stereocenters. The summed E-state index contributed by atoms with van der Waals surface area (Å²) in [5, 5.41) is 3.66. The van der Waals surface area contributed by atoms with Crippen LogP contribution in [0.15, 0.2) is 36.5 Å². The van der Waals surface area contributed by atoms with Crippen molar-refractivity contribution in [3.8, 4) is 5.75 Å². The van der Waals surface area contributed by atoms with Gasteiger partial charge in [-0.1, -0.05) is 19.1 Å². The SMILES string of the molecule is CCc1cccnc1CNC1CCc2ccc(OC)cc21. The second kappa shape index (κ2) is 6.27. The standard InChI is InChI=1S/C18H22N2O/c1-3-13-5-4-10-19-18(13)12-20-17-9-7-14-6-8-15(21-2)11-16(14)17/h4-6,8,10-11,17,20H,3,7,9,12H2,1-2H3. The molecule has 0 fully saturated rings. The first kappa shape index (κ1) is 14.1. The maximum Gasteiger partial charge on any atom is 0.119 e. The van der Waals surface area contributed by atoms with Gasteiger partial charge >= 0.3 is 0 Å². The van der Waals surface area contributed by atoms with Crippen LogP contribution in [0.25, 0.3) is 0 Å². The number of ether oxygens (including phenoxy) is 1. The quantitative estimate of drug-likeness (QED) is 0.912. The second-order valence-corrected chi connectivity index (χ2v) is 5.50. The molecular weight excluding hydrogens is 260 g/mol. The first-order chi connectivity index (χ1) is 10.3.